The number of carbonyl (C=O) groups excluding carboxylic acids is 1. The number of nitrogens with zero attached hydrogens (tertiary/aromatic N) is 4. The van der Waals surface area contributed by atoms with Gasteiger partial charge in [0.25, 0.3) is 5.56 Å². The number of fused-ring (bicyclic) bond motifs is 3. The molecule has 0 aliphatic heterocycles. The molecule has 0 amide bonds. The van der Waals surface area contributed by atoms with E-state index in [0.29, 0.717) is 28.4 Å². The second kappa shape index (κ2) is 8.28. The van der Waals surface area contributed by atoms with Crippen LogP contribution in [-0.4, -0.2) is 30.2 Å². The summed E-state index contributed by atoms with van der Waals surface area (Å²) in [5, 5.41) is 9.34. The standard InChI is InChI=1S/C23H22N4O2S/c1-4-14-26-21(29)18-8-6-7-9-19(18)27-22(26)24-25-23(27)30-15(3)20(28)17-12-10-16(5-2)11-13-17/h4,6-13,15H,1,5,14H2,2-3H3/t15-/m1/s1. The summed E-state index contributed by atoms with van der Waals surface area (Å²) in [5.41, 5.74) is 2.45. The molecule has 0 N–H and O–H groups in total. The van der Waals surface area contributed by atoms with Crippen molar-refractivity contribution < 1.29 is 4.79 Å². The first-order valence-electron chi connectivity index (χ1n) is 9.82. The van der Waals surface area contributed by atoms with E-state index in [-0.39, 0.29) is 16.6 Å². The van der Waals surface area contributed by atoms with E-state index in [9.17, 15) is 9.59 Å². The van der Waals surface area contributed by atoms with Gasteiger partial charge in [-0.3, -0.25) is 18.6 Å². The highest BCUT2D eigenvalue weighted by molar-refractivity contribution is 8.00. The molecule has 0 bridgehead atoms. The van der Waals surface area contributed by atoms with Crippen molar-refractivity contribution >= 4 is 34.2 Å². The van der Waals surface area contributed by atoms with Gasteiger partial charge in [-0.05, 0) is 31.0 Å². The molecule has 1 atom stereocenters. The number of aromatic nitrogens is 4. The van der Waals surface area contributed by atoms with E-state index in [4.69, 9.17) is 0 Å². The molecule has 152 valence electrons. The van der Waals surface area contributed by atoms with Crippen LogP contribution in [0.2, 0.25) is 0 Å². The number of aryl methyl sites for hydroxylation is 1. The lowest BCUT2D eigenvalue weighted by molar-refractivity contribution is 0.0994. The third-order valence-electron chi connectivity index (χ3n) is 5.09. The molecule has 4 aromatic rings. The van der Waals surface area contributed by atoms with Gasteiger partial charge >= 0.3 is 0 Å². The maximum atomic E-state index is 12.9. The Labute approximate surface area is 178 Å². The highest BCUT2D eigenvalue weighted by Gasteiger charge is 2.22. The predicted octanol–water partition coefficient (Wildman–Crippen LogP) is 4.16. The van der Waals surface area contributed by atoms with E-state index in [0.717, 1.165) is 11.9 Å². The van der Waals surface area contributed by atoms with E-state index in [1.54, 1.807) is 16.7 Å². The number of thioether (sulfide) groups is 1. The Hall–Kier alpha value is -3.19. The number of rotatable bonds is 7. The Morgan fingerprint density at radius 2 is 1.90 bits per heavy atom. The molecule has 2 aromatic carbocycles. The first kappa shape index (κ1) is 20.1. The molecule has 0 fully saturated rings. The number of para-hydroxylation sites is 1. The fraction of sp³-hybridized carbons (Fsp3) is 0.217. The monoisotopic (exact) mass is 418 g/mol. The van der Waals surface area contributed by atoms with E-state index in [2.05, 4.69) is 23.7 Å². The van der Waals surface area contributed by atoms with Gasteiger partial charge in [0.2, 0.25) is 5.78 Å². The number of hydrogen-bond acceptors (Lipinski definition) is 5. The molecule has 7 heteroatoms. The Morgan fingerprint density at radius 1 is 1.17 bits per heavy atom. The fourth-order valence-electron chi connectivity index (χ4n) is 3.45. The minimum absolute atomic E-state index is 0.0307. The Kier molecular flexibility index (Phi) is 5.55. The van der Waals surface area contributed by atoms with Crippen LogP contribution >= 0.6 is 11.8 Å². The van der Waals surface area contributed by atoms with E-state index in [1.165, 1.54) is 17.3 Å². The molecule has 0 aliphatic carbocycles. The van der Waals surface area contributed by atoms with Crippen LogP contribution < -0.4 is 5.56 Å². The number of Topliss-reactive ketones (excluding diaryl/α,β-unsaturated/α-hetero) is 1. The molecule has 0 saturated carbocycles. The topological polar surface area (TPSA) is 69.3 Å². The minimum atomic E-state index is -0.358. The Balaban J connectivity index is 1.76. The van der Waals surface area contributed by atoms with Crippen molar-refractivity contribution in [3.8, 4) is 0 Å². The summed E-state index contributed by atoms with van der Waals surface area (Å²) in [6.07, 6.45) is 2.59. The summed E-state index contributed by atoms with van der Waals surface area (Å²) in [6, 6.07) is 15.1. The largest absolute Gasteiger partial charge is 0.293 e. The van der Waals surface area contributed by atoms with E-state index >= 15 is 0 Å². The van der Waals surface area contributed by atoms with Gasteiger partial charge in [0, 0.05) is 12.1 Å². The Morgan fingerprint density at radius 3 is 2.60 bits per heavy atom. The molecule has 0 aliphatic rings. The van der Waals surface area contributed by atoms with Crippen molar-refractivity contribution in [1.29, 1.82) is 0 Å². The maximum Gasteiger partial charge on any atom is 0.263 e. The molecular weight excluding hydrogens is 396 g/mol. The summed E-state index contributed by atoms with van der Waals surface area (Å²) in [6.45, 7) is 8.02. The first-order chi connectivity index (χ1) is 14.5. The normalized spacial score (nSPS) is 12.3. The van der Waals surface area contributed by atoms with Crippen molar-refractivity contribution in [3.63, 3.8) is 0 Å². The van der Waals surface area contributed by atoms with Crippen LogP contribution in [0.5, 0.6) is 0 Å². The van der Waals surface area contributed by atoms with Crippen LogP contribution in [0, 0.1) is 0 Å². The summed E-state index contributed by atoms with van der Waals surface area (Å²) < 4.78 is 3.39. The predicted molar refractivity (Wildman–Crippen MR) is 120 cm³/mol. The number of allylic oxidation sites excluding steroid dienone is 1. The van der Waals surface area contributed by atoms with Crippen LogP contribution in [0.15, 0.2) is 71.1 Å². The number of hydrogen-bond donors (Lipinski definition) is 0. The van der Waals surface area contributed by atoms with Gasteiger partial charge in [-0.25, -0.2) is 0 Å². The van der Waals surface area contributed by atoms with Crippen LogP contribution in [0.3, 0.4) is 0 Å². The number of carbonyl (C=O) groups is 1. The van der Waals surface area contributed by atoms with E-state index < -0.39 is 0 Å². The van der Waals surface area contributed by atoms with Gasteiger partial charge in [0.1, 0.15) is 0 Å². The molecule has 0 radical (unpaired) electrons. The molecular formula is C23H22N4O2S. The summed E-state index contributed by atoms with van der Waals surface area (Å²) in [5.74, 6) is 0.469. The molecule has 0 saturated heterocycles. The summed E-state index contributed by atoms with van der Waals surface area (Å²) >= 11 is 1.34. The first-order valence-corrected chi connectivity index (χ1v) is 10.7. The van der Waals surface area contributed by atoms with Crippen molar-refractivity contribution in [3.05, 3.63) is 82.7 Å². The molecule has 0 spiro atoms. The lowest BCUT2D eigenvalue weighted by Gasteiger charge is -2.12. The minimum Gasteiger partial charge on any atom is -0.293 e. The van der Waals surface area contributed by atoms with Crippen LogP contribution in [0.1, 0.15) is 29.8 Å². The zero-order valence-corrected chi connectivity index (χ0v) is 17.7. The van der Waals surface area contributed by atoms with Crippen LogP contribution in [0.4, 0.5) is 0 Å². The van der Waals surface area contributed by atoms with Gasteiger partial charge in [-0.2, -0.15) is 0 Å². The van der Waals surface area contributed by atoms with Gasteiger partial charge < -0.3 is 0 Å². The Bertz CT molecular complexity index is 1300. The van der Waals surface area contributed by atoms with Crippen LogP contribution in [0.25, 0.3) is 16.7 Å². The fourth-order valence-corrected chi connectivity index (χ4v) is 4.39. The lowest BCUT2D eigenvalue weighted by atomic mass is 10.1. The third kappa shape index (κ3) is 3.45. The molecule has 2 heterocycles. The van der Waals surface area contributed by atoms with Crippen molar-refractivity contribution in [2.75, 3.05) is 0 Å². The second-order valence-electron chi connectivity index (χ2n) is 7.01. The van der Waals surface area contributed by atoms with Gasteiger partial charge in [0.15, 0.2) is 10.9 Å². The summed E-state index contributed by atoms with van der Waals surface area (Å²) in [4.78, 5) is 25.8. The zero-order chi connectivity index (χ0) is 21.3. The van der Waals surface area contributed by atoms with Gasteiger partial charge in [-0.15, -0.1) is 16.8 Å². The average Bonchev–Trinajstić information content (AvgIpc) is 3.19. The highest BCUT2D eigenvalue weighted by Crippen LogP contribution is 2.27. The quantitative estimate of drug-likeness (QED) is 0.256. The maximum absolute atomic E-state index is 12.9. The highest BCUT2D eigenvalue weighted by atomic mass is 32.2. The number of ketones is 1. The molecule has 4 rings (SSSR count). The second-order valence-corrected chi connectivity index (χ2v) is 8.32. The van der Waals surface area contributed by atoms with Crippen molar-refractivity contribution in [1.82, 2.24) is 19.2 Å². The van der Waals surface area contributed by atoms with E-state index in [1.807, 2.05) is 53.8 Å². The lowest BCUT2D eigenvalue weighted by Crippen LogP contribution is -2.23. The third-order valence-corrected chi connectivity index (χ3v) is 6.13. The molecule has 0 unspecified atom stereocenters. The smallest absolute Gasteiger partial charge is 0.263 e. The van der Waals surface area contributed by atoms with Crippen LogP contribution in [-0.2, 0) is 13.0 Å². The molecule has 30 heavy (non-hydrogen) atoms. The molecule has 6 nitrogen and oxygen atoms in total. The zero-order valence-electron chi connectivity index (χ0n) is 16.9. The SMILES string of the molecule is C=CCn1c(=O)c2ccccc2n2c(S[C@H](C)C(=O)c3ccc(CC)cc3)nnc12. The average molecular weight is 419 g/mol. The van der Waals surface area contributed by atoms with Crippen molar-refractivity contribution in [2.24, 2.45) is 0 Å². The van der Waals surface area contributed by atoms with Gasteiger partial charge in [0.05, 0.1) is 16.2 Å². The van der Waals surface area contributed by atoms with Crippen molar-refractivity contribution in [2.45, 2.75) is 37.2 Å². The molecule has 2 aromatic heterocycles. The number of benzene rings is 2. The summed E-state index contributed by atoms with van der Waals surface area (Å²) in [7, 11) is 0. The van der Waals surface area contributed by atoms with Gasteiger partial charge in [-0.1, -0.05) is 61.2 Å².